The number of nitrogens with one attached hydrogen (secondary N) is 1. The van der Waals surface area contributed by atoms with Crippen LogP contribution in [0.15, 0.2) is 24.4 Å². The normalized spacial score (nSPS) is 19.0. The van der Waals surface area contributed by atoms with Crippen LogP contribution < -0.4 is 10.1 Å². The summed E-state index contributed by atoms with van der Waals surface area (Å²) in [5.41, 5.74) is 1.90. The van der Waals surface area contributed by atoms with Gasteiger partial charge >= 0.3 is 0 Å². The minimum atomic E-state index is -0.826. The molecule has 1 aromatic heterocycles. The van der Waals surface area contributed by atoms with Gasteiger partial charge < -0.3 is 15.0 Å². The summed E-state index contributed by atoms with van der Waals surface area (Å²) < 4.78 is 31.7. The maximum atomic E-state index is 13.6. The van der Waals surface area contributed by atoms with Crippen LogP contribution in [0.4, 0.5) is 8.78 Å². The number of carbonyl (C=O) groups excluding carboxylic acids is 1. The van der Waals surface area contributed by atoms with Gasteiger partial charge in [-0.05, 0) is 31.5 Å². The van der Waals surface area contributed by atoms with E-state index in [0.717, 1.165) is 48.6 Å². The lowest BCUT2D eigenvalue weighted by atomic mass is 10.1. The number of carbonyl (C=O) groups is 1. The largest absolute Gasteiger partial charge is 0.481 e. The van der Waals surface area contributed by atoms with Gasteiger partial charge in [-0.2, -0.15) is 0 Å². The second-order valence-electron chi connectivity index (χ2n) is 6.78. The third-order valence-electron chi connectivity index (χ3n) is 4.92. The zero-order chi connectivity index (χ0) is 18.8. The lowest BCUT2D eigenvalue weighted by Crippen LogP contribution is -2.39. The van der Waals surface area contributed by atoms with Crippen LogP contribution in [-0.4, -0.2) is 40.5 Å². The lowest BCUT2D eigenvalue weighted by Gasteiger charge is -2.28. The summed E-state index contributed by atoms with van der Waals surface area (Å²) in [5, 5.41) is 3.39. The number of benzene rings is 1. The summed E-state index contributed by atoms with van der Waals surface area (Å²) in [5.74, 6) is -1.09. The molecule has 27 heavy (non-hydrogen) atoms. The molecule has 1 saturated heterocycles. The van der Waals surface area contributed by atoms with Gasteiger partial charge in [0.05, 0.1) is 11.7 Å². The standard InChI is InChI=1S/C19H20F2N4O2/c20-13-3-4-17(14(21)8-13)27-11-18(26)25-7-5-15-12(10-25)9-23-19(24-15)16-2-1-6-22-16/h3-4,8-9,16,22H,1-2,5-7,10-11H2/t16-/m1/s1. The highest BCUT2D eigenvalue weighted by molar-refractivity contribution is 5.78. The molecule has 142 valence electrons. The molecule has 0 aliphatic carbocycles. The Morgan fingerprint density at radius 1 is 1.37 bits per heavy atom. The van der Waals surface area contributed by atoms with Crippen molar-refractivity contribution in [2.75, 3.05) is 19.7 Å². The van der Waals surface area contributed by atoms with Crippen LogP contribution in [0.5, 0.6) is 5.75 Å². The van der Waals surface area contributed by atoms with Gasteiger partial charge in [0.15, 0.2) is 18.2 Å². The zero-order valence-corrected chi connectivity index (χ0v) is 14.8. The molecule has 2 aromatic rings. The van der Waals surface area contributed by atoms with Gasteiger partial charge in [-0.15, -0.1) is 0 Å². The van der Waals surface area contributed by atoms with Gasteiger partial charge in [0.25, 0.3) is 5.91 Å². The minimum absolute atomic E-state index is 0.140. The Hall–Kier alpha value is -2.61. The molecule has 1 atom stereocenters. The van der Waals surface area contributed by atoms with E-state index in [1.165, 1.54) is 6.07 Å². The highest BCUT2D eigenvalue weighted by Gasteiger charge is 2.25. The summed E-state index contributed by atoms with van der Waals surface area (Å²) >= 11 is 0. The molecule has 0 radical (unpaired) electrons. The van der Waals surface area contributed by atoms with E-state index < -0.39 is 11.6 Å². The fourth-order valence-corrected chi connectivity index (χ4v) is 3.44. The summed E-state index contributed by atoms with van der Waals surface area (Å²) in [6, 6.07) is 3.21. The van der Waals surface area contributed by atoms with Gasteiger partial charge in [0, 0.05) is 37.3 Å². The molecule has 6 nitrogen and oxygen atoms in total. The first kappa shape index (κ1) is 17.8. The van der Waals surface area contributed by atoms with E-state index in [2.05, 4.69) is 15.3 Å². The molecule has 0 spiro atoms. The second-order valence-corrected chi connectivity index (χ2v) is 6.78. The molecule has 4 rings (SSSR count). The van der Waals surface area contributed by atoms with Crippen LogP contribution in [0.2, 0.25) is 0 Å². The highest BCUT2D eigenvalue weighted by Crippen LogP contribution is 2.23. The SMILES string of the molecule is O=C(COc1ccc(F)cc1F)N1CCc2nc([C@H]3CCCN3)ncc2C1. The molecule has 0 bridgehead atoms. The smallest absolute Gasteiger partial charge is 0.260 e. The van der Waals surface area contributed by atoms with Crippen LogP contribution in [0, 0.1) is 11.6 Å². The highest BCUT2D eigenvalue weighted by atomic mass is 19.1. The number of aromatic nitrogens is 2. The topological polar surface area (TPSA) is 67.3 Å². The van der Waals surface area contributed by atoms with Crippen molar-refractivity contribution in [2.24, 2.45) is 0 Å². The Morgan fingerprint density at radius 2 is 2.26 bits per heavy atom. The number of fused-ring (bicyclic) bond motifs is 1. The molecule has 0 saturated carbocycles. The minimum Gasteiger partial charge on any atom is -0.481 e. The van der Waals surface area contributed by atoms with E-state index in [0.29, 0.717) is 19.5 Å². The Labute approximate surface area is 155 Å². The Bertz CT molecular complexity index is 856. The number of hydrogen-bond acceptors (Lipinski definition) is 5. The van der Waals surface area contributed by atoms with Gasteiger partial charge in [-0.1, -0.05) is 0 Å². The molecule has 1 amide bonds. The number of hydrogen-bond donors (Lipinski definition) is 1. The molecular formula is C19H20F2N4O2. The molecular weight excluding hydrogens is 354 g/mol. The number of nitrogens with zero attached hydrogens (tertiary/aromatic N) is 3. The fraction of sp³-hybridized carbons (Fsp3) is 0.421. The lowest BCUT2D eigenvalue weighted by molar-refractivity contribution is -0.134. The Morgan fingerprint density at radius 3 is 3.04 bits per heavy atom. The van der Waals surface area contributed by atoms with E-state index in [9.17, 15) is 13.6 Å². The third kappa shape index (κ3) is 3.90. The summed E-state index contributed by atoms with van der Waals surface area (Å²) in [6.45, 7) is 1.61. The maximum Gasteiger partial charge on any atom is 0.260 e. The Kier molecular flexibility index (Phi) is 4.98. The van der Waals surface area contributed by atoms with Crippen molar-refractivity contribution in [3.05, 3.63) is 53.1 Å². The number of halogens is 2. The number of rotatable bonds is 4. The van der Waals surface area contributed by atoms with Gasteiger partial charge in [0.1, 0.15) is 11.6 Å². The first-order chi connectivity index (χ1) is 13.1. The van der Waals surface area contributed by atoms with E-state index in [1.54, 1.807) is 11.1 Å². The summed E-state index contributed by atoms with van der Waals surface area (Å²) in [6.07, 6.45) is 4.61. The fourth-order valence-electron chi connectivity index (χ4n) is 3.44. The van der Waals surface area contributed by atoms with Crippen molar-refractivity contribution < 1.29 is 18.3 Å². The van der Waals surface area contributed by atoms with Crippen LogP contribution in [0.3, 0.4) is 0 Å². The first-order valence-corrected chi connectivity index (χ1v) is 9.04. The summed E-state index contributed by atoms with van der Waals surface area (Å²) in [4.78, 5) is 23.2. The maximum absolute atomic E-state index is 13.6. The molecule has 2 aliphatic heterocycles. The molecule has 8 heteroatoms. The average molecular weight is 374 g/mol. The van der Waals surface area contributed by atoms with Crippen LogP contribution in [0.25, 0.3) is 0 Å². The first-order valence-electron chi connectivity index (χ1n) is 9.04. The van der Waals surface area contributed by atoms with Crippen LogP contribution in [-0.2, 0) is 17.8 Å². The predicted octanol–water partition coefficient (Wildman–Crippen LogP) is 2.14. The molecule has 0 unspecified atom stereocenters. The van der Waals surface area contributed by atoms with Crippen molar-refractivity contribution in [3.8, 4) is 5.75 Å². The van der Waals surface area contributed by atoms with E-state index in [1.807, 2.05) is 0 Å². The summed E-state index contributed by atoms with van der Waals surface area (Å²) in [7, 11) is 0. The van der Waals surface area contributed by atoms with E-state index in [-0.39, 0.29) is 24.3 Å². The second kappa shape index (κ2) is 7.56. The molecule has 1 fully saturated rings. The molecule has 3 heterocycles. The van der Waals surface area contributed by atoms with Crippen LogP contribution >= 0.6 is 0 Å². The average Bonchev–Trinajstić information content (AvgIpc) is 3.21. The zero-order valence-electron chi connectivity index (χ0n) is 14.8. The molecule has 1 aromatic carbocycles. The monoisotopic (exact) mass is 374 g/mol. The predicted molar refractivity (Wildman–Crippen MR) is 93.0 cm³/mol. The van der Waals surface area contributed by atoms with E-state index >= 15 is 0 Å². The molecule has 1 N–H and O–H groups in total. The van der Waals surface area contributed by atoms with Crippen LogP contribution in [0.1, 0.15) is 36.0 Å². The van der Waals surface area contributed by atoms with Gasteiger partial charge in [-0.25, -0.2) is 18.7 Å². The van der Waals surface area contributed by atoms with Crippen molar-refractivity contribution in [1.82, 2.24) is 20.2 Å². The Balaban J connectivity index is 1.37. The van der Waals surface area contributed by atoms with Crippen molar-refractivity contribution in [2.45, 2.75) is 31.8 Å². The van der Waals surface area contributed by atoms with Gasteiger partial charge in [0.2, 0.25) is 0 Å². The third-order valence-corrected chi connectivity index (χ3v) is 4.92. The molecule has 2 aliphatic rings. The number of amides is 1. The van der Waals surface area contributed by atoms with E-state index in [4.69, 9.17) is 4.74 Å². The van der Waals surface area contributed by atoms with Crippen molar-refractivity contribution >= 4 is 5.91 Å². The quantitative estimate of drug-likeness (QED) is 0.888. The number of ether oxygens (including phenoxy) is 1. The van der Waals surface area contributed by atoms with Crippen molar-refractivity contribution in [3.63, 3.8) is 0 Å². The van der Waals surface area contributed by atoms with Crippen molar-refractivity contribution in [1.29, 1.82) is 0 Å². The van der Waals surface area contributed by atoms with Gasteiger partial charge in [-0.3, -0.25) is 4.79 Å².